The van der Waals surface area contributed by atoms with E-state index in [0.29, 0.717) is 12.2 Å². The summed E-state index contributed by atoms with van der Waals surface area (Å²) in [4.78, 5) is 17.2. The Labute approximate surface area is 224 Å². The maximum absolute atomic E-state index is 13.8. The van der Waals surface area contributed by atoms with Crippen LogP contribution in [0.1, 0.15) is 77.0 Å². The van der Waals surface area contributed by atoms with Gasteiger partial charge < -0.3 is 20.6 Å². The molecule has 0 heterocycles. The Kier molecular flexibility index (Phi) is 10.0. The molecule has 3 N–H and O–H groups in total. The molecular weight excluding hydrogens is 488 g/mol. The zero-order valence-corrected chi connectivity index (χ0v) is 23.1. The summed E-state index contributed by atoms with van der Waals surface area (Å²) in [5.74, 6) is -1.72. The Bertz CT molecular complexity index is 1100. The van der Waals surface area contributed by atoms with E-state index in [1.807, 2.05) is 6.92 Å². The molecule has 1 saturated carbocycles. The van der Waals surface area contributed by atoms with Gasteiger partial charge in [0.05, 0.1) is 17.9 Å². The predicted molar refractivity (Wildman–Crippen MR) is 146 cm³/mol. The van der Waals surface area contributed by atoms with Crippen molar-refractivity contribution in [1.82, 2.24) is 10.6 Å². The second-order valence-electron chi connectivity index (χ2n) is 11.2. The number of carbonyl (C=O) groups is 1. The number of nitrogens with zero attached hydrogens (tertiary/aromatic N) is 1. The number of halogens is 2. The minimum atomic E-state index is -0.994. The van der Waals surface area contributed by atoms with E-state index in [1.54, 1.807) is 0 Å². The normalized spacial score (nSPS) is 19.5. The summed E-state index contributed by atoms with van der Waals surface area (Å²) in [6.07, 6.45) is 2.13. The monoisotopic (exact) mass is 529 g/mol. The molecule has 2 atom stereocenters. The van der Waals surface area contributed by atoms with Crippen molar-refractivity contribution in [1.29, 1.82) is 0 Å². The van der Waals surface area contributed by atoms with E-state index in [1.165, 1.54) is 24.6 Å². The first-order valence-electron chi connectivity index (χ1n) is 13.4. The molecule has 1 aliphatic rings. The Hall–Kier alpha value is -2.84. The van der Waals surface area contributed by atoms with Crippen LogP contribution in [0.25, 0.3) is 0 Å². The molecule has 0 saturated heterocycles. The fourth-order valence-electron chi connectivity index (χ4n) is 5.03. The fourth-order valence-corrected chi connectivity index (χ4v) is 5.03. The summed E-state index contributed by atoms with van der Waals surface area (Å²) in [5.41, 5.74) is 3.29. The highest BCUT2D eigenvalue weighted by Gasteiger charge is 2.37. The van der Waals surface area contributed by atoms with Crippen molar-refractivity contribution in [3.05, 3.63) is 70.8 Å². The van der Waals surface area contributed by atoms with Gasteiger partial charge in [-0.2, -0.15) is 0 Å². The molecule has 0 aliphatic heterocycles. The van der Waals surface area contributed by atoms with Crippen molar-refractivity contribution in [2.75, 3.05) is 13.2 Å². The molecule has 2 aromatic carbocycles. The number of carbonyl (C=O) groups excluding carboxylic acids is 1. The highest BCUT2D eigenvalue weighted by molar-refractivity contribution is 5.85. The van der Waals surface area contributed by atoms with Gasteiger partial charge in [-0.3, -0.25) is 4.79 Å². The lowest BCUT2D eigenvalue weighted by Gasteiger charge is -2.41. The van der Waals surface area contributed by atoms with E-state index in [2.05, 4.69) is 60.8 Å². The van der Waals surface area contributed by atoms with Gasteiger partial charge >= 0.3 is 0 Å². The van der Waals surface area contributed by atoms with E-state index in [4.69, 9.17) is 4.84 Å². The van der Waals surface area contributed by atoms with Crippen LogP contribution in [0, 0.1) is 11.6 Å². The molecule has 0 spiro atoms. The largest absolute Gasteiger partial charge is 0.396 e. The Morgan fingerprint density at radius 2 is 1.79 bits per heavy atom. The molecule has 3 rings (SSSR count). The van der Waals surface area contributed by atoms with Crippen LogP contribution in [0.3, 0.4) is 0 Å². The Morgan fingerprint density at radius 3 is 2.37 bits per heavy atom. The summed E-state index contributed by atoms with van der Waals surface area (Å²) < 4.78 is 27.6. The topological polar surface area (TPSA) is 82.9 Å². The third kappa shape index (κ3) is 8.08. The van der Waals surface area contributed by atoms with Crippen LogP contribution in [-0.2, 0) is 27.0 Å². The molecular formula is C30H41F2N3O3. The number of oxime groups is 1. The van der Waals surface area contributed by atoms with Gasteiger partial charge in [-0.15, -0.1) is 0 Å². The first-order chi connectivity index (χ1) is 17.9. The van der Waals surface area contributed by atoms with E-state index in [-0.39, 0.29) is 24.3 Å². The first kappa shape index (κ1) is 29.7. The predicted octanol–water partition coefficient (Wildman–Crippen LogP) is 5.12. The SMILES string of the molecule is CCON=C1CCC(NCC(O)C(Cc2cc(F)cc(F)c2)NC(C)=O)(c2cccc(C(C)(C)C)c2)CC1. The van der Waals surface area contributed by atoms with E-state index >= 15 is 0 Å². The van der Waals surface area contributed by atoms with Crippen LogP contribution in [0.4, 0.5) is 8.78 Å². The Morgan fingerprint density at radius 1 is 1.13 bits per heavy atom. The van der Waals surface area contributed by atoms with Crippen molar-refractivity contribution in [2.45, 2.75) is 89.8 Å². The maximum Gasteiger partial charge on any atom is 0.217 e. The average molecular weight is 530 g/mol. The number of benzene rings is 2. The van der Waals surface area contributed by atoms with Crippen LogP contribution < -0.4 is 10.6 Å². The maximum atomic E-state index is 13.8. The molecule has 6 nitrogen and oxygen atoms in total. The summed E-state index contributed by atoms with van der Waals surface area (Å²) in [6.45, 7) is 10.5. The summed E-state index contributed by atoms with van der Waals surface area (Å²) in [6, 6.07) is 11.1. The van der Waals surface area contributed by atoms with Crippen LogP contribution in [0.2, 0.25) is 0 Å². The van der Waals surface area contributed by atoms with Gasteiger partial charge in [0.2, 0.25) is 5.91 Å². The Balaban J connectivity index is 1.85. The average Bonchev–Trinajstić information content (AvgIpc) is 2.85. The third-order valence-corrected chi connectivity index (χ3v) is 7.17. The molecule has 0 radical (unpaired) electrons. The van der Waals surface area contributed by atoms with Crippen molar-refractivity contribution in [2.24, 2.45) is 5.16 Å². The van der Waals surface area contributed by atoms with Crippen LogP contribution in [0.5, 0.6) is 0 Å². The number of rotatable bonds is 10. The quantitative estimate of drug-likeness (QED) is 0.373. The molecule has 1 fully saturated rings. The highest BCUT2D eigenvalue weighted by Crippen LogP contribution is 2.38. The van der Waals surface area contributed by atoms with E-state index in [0.717, 1.165) is 43.0 Å². The second kappa shape index (κ2) is 12.8. The van der Waals surface area contributed by atoms with Crippen molar-refractivity contribution in [3.8, 4) is 0 Å². The molecule has 8 heteroatoms. The molecule has 0 bridgehead atoms. The lowest BCUT2D eigenvalue weighted by molar-refractivity contribution is -0.120. The van der Waals surface area contributed by atoms with Gasteiger partial charge in [0.25, 0.3) is 0 Å². The van der Waals surface area contributed by atoms with Crippen molar-refractivity contribution >= 4 is 11.6 Å². The van der Waals surface area contributed by atoms with Crippen LogP contribution >= 0.6 is 0 Å². The number of aliphatic hydroxyl groups excluding tert-OH is 1. The van der Waals surface area contributed by atoms with Gasteiger partial charge in [-0.25, -0.2) is 8.78 Å². The first-order valence-corrected chi connectivity index (χ1v) is 13.4. The summed E-state index contributed by atoms with van der Waals surface area (Å²) >= 11 is 0. The minimum Gasteiger partial charge on any atom is -0.396 e. The zero-order valence-electron chi connectivity index (χ0n) is 23.1. The number of hydrogen-bond donors (Lipinski definition) is 3. The number of aliphatic hydroxyl groups is 1. The van der Waals surface area contributed by atoms with Crippen molar-refractivity contribution < 1.29 is 23.5 Å². The molecule has 38 heavy (non-hydrogen) atoms. The van der Waals surface area contributed by atoms with Gasteiger partial charge in [-0.1, -0.05) is 50.2 Å². The van der Waals surface area contributed by atoms with Gasteiger partial charge in [0, 0.05) is 25.1 Å². The number of nitrogens with one attached hydrogen (secondary N) is 2. The van der Waals surface area contributed by atoms with E-state index in [9.17, 15) is 18.7 Å². The molecule has 2 unspecified atom stereocenters. The lowest BCUT2D eigenvalue weighted by atomic mass is 9.74. The molecule has 1 amide bonds. The van der Waals surface area contributed by atoms with Gasteiger partial charge in [0.15, 0.2) is 0 Å². The van der Waals surface area contributed by atoms with E-state index < -0.39 is 29.3 Å². The van der Waals surface area contributed by atoms with Crippen LogP contribution in [0.15, 0.2) is 47.6 Å². The minimum absolute atomic E-state index is 0.0241. The molecule has 2 aromatic rings. The summed E-state index contributed by atoms with van der Waals surface area (Å²) in [7, 11) is 0. The number of hydrogen-bond acceptors (Lipinski definition) is 5. The lowest BCUT2D eigenvalue weighted by Crippen LogP contribution is -2.53. The fraction of sp³-hybridized carbons (Fsp3) is 0.533. The summed E-state index contributed by atoms with van der Waals surface area (Å²) in [5, 5.41) is 21.8. The second-order valence-corrected chi connectivity index (χ2v) is 11.2. The third-order valence-electron chi connectivity index (χ3n) is 7.17. The van der Waals surface area contributed by atoms with Crippen molar-refractivity contribution in [3.63, 3.8) is 0 Å². The number of amides is 1. The molecule has 0 aromatic heterocycles. The standard InChI is InChI=1S/C30H41F2N3O3/c1-6-38-35-26-10-12-30(13-11-26,23-9-7-8-22(17-23)29(3,4)5)33-19-28(37)27(34-20(2)36)16-21-14-24(31)18-25(32)15-21/h7-9,14-15,17-18,27-28,33,37H,6,10-13,16,19H2,1-5H3,(H,34,36). The van der Waals surface area contributed by atoms with Gasteiger partial charge in [-0.05, 0) is 73.3 Å². The molecule has 1 aliphatic carbocycles. The molecule has 208 valence electrons. The highest BCUT2D eigenvalue weighted by atomic mass is 19.1. The smallest absolute Gasteiger partial charge is 0.217 e. The van der Waals surface area contributed by atoms with Gasteiger partial charge in [0.1, 0.15) is 18.2 Å². The van der Waals surface area contributed by atoms with Crippen LogP contribution in [-0.4, -0.2) is 42.0 Å². The zero-order chi connectivity index (χ0) is 27.9.